The molecule has 1 rings (SSSR count). The van der Waals surface area contributed by atoms with E-state index in [1.54, 1.807) is 7.11 Å². The molecule has 0 aliphatic rings. The second-order valence-electron chi connectivity index (χ2n) is 3.34. The molecule has 0 spiro atoms. The SMILES string of the molecule is COc1ccc(COCC(C)N)cc1. The minimum atomic E-state index is 0.0910. The summed E-state index contributed by atoms with van der Waals surface area (Å²) in [5.41, 5.74) is 6.69. The molecule has 0 aromatic heterocycles. The van der Waals surface area contributed by atoms with Gasteiger partial charge in [-0.1, -0.05) is 12.1 Å². The smallest absolute Gasteiger partial charge is 0.118 e. The van der Waals surface area contributed by atoms with Crippen LogP contribution >= 0.6 is 0 Å². The number of nitrogens with two attached hydrogens (primary N) is 1. The minimum Gasteiger partial charge on any atom is -0.497 e. The van der Waals surface area contributed by atoms with Gasteiger partial charge in [0.1, 0.15) is 5.75 Å². The Kier molecular flexibility index (Phi) is 4.43. The van der Waals surface area contributed by atoms with E-state index in [0.29, 0.717) is 13.2 Å². The van der Waals surface area contributed by atoms with E-state index >= 15 is 0 Å². The van der Waals surface area contributed by atoms with E-state index in [1.807, 2.05) is 31.2 Å². The predicted octanol–water partition coefficient (Wildman–Crippen LogP) is 1.56. The van der Waals surface area contributed by atoms with Crippen LogP contribution in [0.5, 0.6) is 5.75 Å². The van der Waals surface area contributed by atoms with Crippen molar-refractivity contribution in [3.05, 3.63) is 29.8 Å². The van der Waals surface area contributed by atoms with Gasteiger partial charge in [-0.3, -0.25) is 0 Å². The molecule has 0 saturated heterocycles. The lowest BCUT2D eigenvalue weighted by Crippen LogP contribution is -2.21. The molecule has 78 valence electrons. The average Bonchev–Trinajstić information content (AvgIpc) is 2.18. The second kappa shape index (κ2) is 5.62. The van der Waals surface area contributed by atoms with Crippen molar-refractivity contribution in [1.29, 1.82) is 0 Å². The number of rotatable bonds is 5. The van der Waals surface area contributed by atoms with Crippen LogP contribution in [0.15, 0.2) is 24.3 Å². The predicted molar refractivity (Wildman–Crippen MR) is 56.3 cm³/mol. The van der Waals surface area contributed by atoms with Crippen molar-refractivity contribution in [2.45, 2.75) is 19.6 Å². The van der Waals surface area contributed by atoms with Crippen LogP contribution in [-0.2, 0) is 11.3 Å². The highest BCUT2D eigenvalue weighted by Crippen LogP contribution is 2.11. The van der Waals surface area contributed by atoms with Crippen LogP contribution in [-0.4, -0.2) is 19.8 Å². The number of hydrogen-bond acceptors (Lipinski definition) is 3. The third-order valence-corrected chi connectivity index (χ3v) is 1.81. The van der Waals surface area contributed by atoms with Crippen LogP contribution in [0, 0.1) is 0 Å². The van der Waals surface area contributed by atoms with Gasteiger partial charge in [0.05, 0.1) is 20.3 Å². The molecule has 0 aliphatic carbocycles. The molecule has 0 bridgehead atoms. The first-order valence-corrected chi connectivity index (χ1v) is 4.68. The van der Waals surface area contributed by atoms with E-state index in [-0.39, 0.29) is 6.04 Å². The van der Waals surface area contributed by atoms with Crippen LogP contribution in [0.3, 0.4) is 0 Å². The van der Waals surface area contributed by atoms with Gasteiger partial charge < -0.3 is 15.2 Å². The first-order chi connectivity index (χ1) is 6.72. The fraction of sp³-hybridized carbons (Fsp3) is 0.455. The van der Waals surface area contributed by atoms with Crippen LogP contribution in [0.1, 0.15) is 12.5 Å². The molecule has 14 heavy (non-hydrogen) atoms. The molecule has 0 fully saturated rings. The summed E-state index contributed by atoms with van der Waals surface area (Å²) in [5.74, 6) is 0.862. The van der Waals surface area contributed by atoms with Crippen molar-refractivity contribution in [2.75, 3.05) is 13.7 Å². The van der Waals surface area contributed by atoms with Gasteiger partial charge in [-0.15, -0.1) is 0 Å². The molecule has 1 atom stereocenters. The fourth-order valence-corrected chi connectivity index (χ4v) is 1.08. The number of hydrogen-bond donors (Lipinski definition) is 1. The minimum absolute atomic E-state index is 0.0910. The molecule has 2 N–H and O–H groups in total. The summed E-state index contributed by atoms with van der Waals surface area (Å²) < 4.78 is 10.4. The molecule has 3 nitrogen and oxygen atoms in total. The van der Waals surface area contributed by atoms with Gasteiger partial charge in [-0.2, -0.15) is 0 Å². The molecule has 0 aliphatic heterocycles. The summed E-state index contributed by atoms with van der Waals surface area (Å²) in [6.07, 6.45) is 0. The zero-order valence-corrected chi connectivity index (χ0v) is 8.69. The summed E-state index contributed by atoms with van der Waals surface area (Å²) in [7, 11) is 1.65. The first kappa shape index (κ1) is 11.0. The van der Waals surface area contributed by atoms with Gasteiger partial charge in [0.2, 0.25) is 0 Å². The number of ether oxygens (including phenoxy) is 2. The van der Waals surface area contributed by atoms with Gasteiger partial charge >= 0.3 is 0 Å². The van der Waals surface area contributed by atoms with Crippen molar-refractivity contribution in [3.8, 4) is 5.75 Å². The molecule has 0 radical (unpaired) electrons. The Labute approximate surface area is 84.8 Å². The molecule has 0 heterocycles. The molecule has 1 unspecified atom stereocenters. The van der Waals surface area contributed by atoms with E-state index in [4.69, 9.17) is 15.2 Å². The van der Waals surface area contributed by atoms with Gasteiger partial charge in [0.15, 0.2) is 0 Å². The largest absolute Gasteiger partial charge is 0.497 e. The van der Waals surface area contributed by atoms with E-state index in [0.717, 1.165) is 11.3 Å². The summed E-state index contributed by atoms with van der Waals surface area (Å²) in [6, 6.07) is 7.91. The maximum Gasteiger partial charge on any atom is 0.118 e. The molecule has 0 amide bonds. The third kappa shape index (κ3) is 3.77. The molecular formula is C11H17NO2. The van der Waals surface area contributed by atoms with Crippen LogP contribution in [0.25, 0.3) is 0 Å². The Morgan fingerprint density at radius 3 is 2.43 bits per heavy atom. The zero-order chi connectivity index (χ0) is 10.4. The molecule has 1 aromatic rings. The van der Waals surface area contributed by atoms with Crippen molar-refractivity contribution in [2.24, 2.45) is 5.73 Å². The summed E-state index contributed by atoms with van der Waals surface area (Å²) >= 11 is 0. The van der Waals surface area contributed by atoms with Crippen LogP contribution in [0.2, 0.25) is 0 Å². The molecular weight excluding hydrogens is 178 g/mol. The summed E-state index contributed by atoms with van der Waals surface area (Å²) in [4.78, 5) is 0. The fourth-order valence-electron chi connectivity index (χ4n) is 1.08. The lowest BCUT2D eigenvalue weighted by Gasteiger charge is -2.07. The third-order valence-electron chi connectivity index (χ3n) is 1.81. The van der Waals surface area contributed by atoms with E-state index < -0.39 is 0 Å². The van der Waals surface area contributed by atoms with E-state index in [9.17, 15) is 0 Å². The van der Waals surface area contributed by atoms with Gasteiger partial charge in [0.25, 0.3) is 0 Å². The molecule has 0 saturated carbocycles. The Hall–Kier alpha value is -1.06. The highest BCUT2D eigenvalue weighted by molar-refractivity contribution is 5.26. The highest BCUT2D eigenvalue weighted by Gasteiger charge is 1.96. The maximum absolute atomic E-state index is 5.56. The summed E-state index contributed by atoms with van der Waals surface area (Å²) in [5, 5.41) is 0. The topological polar surface area (TPSA) is 44.5 Å². The summed E-state index contributed by atoms with van der Waals surface area (Å²) in [6.45, 7) is 3.12. The van der Waals surface area contributed by atoms with E-state index in [2.05, 4.69) is 0 Å². The quantitative estimate of drug-likeness (QED) is 0.775. The average molecular weight is 195 g/mol. The Morgan fingerprint density at radius 2 is 1.93 bits per heavy atom. The van der Waals surface area contributed by atoms with Crippen molar-refractivity contribution < 1.29 is 9.47 Å². The van der Waals surface area contributed by atoms with Crippen molar-refractivity contribution in [3.63, 3.8) is 0 Å². The Bertz CT molecular complexity index is 256. The zero-order valence-electron chi connectivity index (χ0n) is 8.69. The number of benzene rings is 1. The molecule has 1 aromatic carbocycles. The number of methoxy groups -OCH3 is 1. The monoisotopic (exact) mass is 195 g/mol. The lowest BCUT2D eigenvalue weighted by atomic mass is 10.2. The van der Waals surface area contributed by atoms with Gasteiger partial charge in [0, 0.05) is 6.04 Å². The van der Waals surface area contributed by atoms with E-state index in [1.165, 1.54) is 0 Å². The van der Waals surface area contributed by atoms with Gasteiger partial charge in [-0.05, 0) is 24.6 Å². The maximum atomic E-state index is 5.56. The van der Waals surface area contributed by atoms with Crippen LogP contribution < -0.4 is 10.5 Å². The second-order valence-corrected chi connectivity index (χ2v) is 3.34. The highest BCUT2D eigenvalue weighted by atomic mass is 16.5. The Balaban J connectivity index is 2.36. The normalized spacial score (nSPS) is 12.5. The van der Waals surface area contributed by atoms with Crippen LogP contribution in [0.4, 0.5) is 0 Å². The molecule has 3 heteroatoms. The first-order valence-electron chi connectivity index (χ1n) is 4.68. The lowest BCUT2D eigenvalue weighted by molar-refractivity contribution is 0.111. The Morgan fingerprint density at radius 1 is 1.29 bits per heavy atom. The standard InChI is InChI=1S/C11H17NO2/c1-9(12)7-14-8-10-3-5-11(13-2)6-4-10/h3-6,9H,7-8,12H2,1-2H3. The van der Waals surface area contributed by atoms with Gasteiger partial charge in [-0.25, -0.2) is 0 Å². The van der Waals surface area contributed by atoms with Crippen molar-refractivity contribution >= 4 is 0 Å². The van der Waals surface area contributed by atoms with Crippen molar-refractivity contribution in [1.82, 2.24) is 0 Å².